The highest BCUT2D eigenvalue weighted by atomic mass is 16.6. The first-order chi connectivity index (χ1) is 7.19. The number of nitro groups is 1. The van der Waals surface area contributed by atoms with Crippen LogP contribution in [0, 0.1) is 10.1 Å². The highest BCUT2D eigenvalue weighted by molar-refractivity contribution is 5.48. The second-order valence-corrected chi connectivity index (χ2v) is 3.02. The summed E-state index contributed by atoms with van der Waals surface area (Å²) in [4.78, 5) is 10.3. The van der Waals surface area contributed by atoms with Crippen LogP contribution in [0.1, 0.15) is 12.5 Å². The average Bonchev–Trinajstić information content (AvgIpc) is 2.21. The molecule has 0 unspecified atom stereocenters. The van der Waals surface area contributed by atoms with Crippen molar-refractivity contribution in [2.45, 2.75) is 13.5 Å². The topological polar surface area (TPSA) is 64.4 Å². The average molecular weight is 210 g/mol. The Morgan fingerprint density at radius 1 is 1.53 bits per heavy atom. The van der Waals surface area contributed by atoms with Gasteiger partial charge in [0, 0.05) is 12.6 Å². The number of hydrogen-bond donors (Lipinski definition) is 1. The Morgan fingerprint density at radius 3 is 2.80 bits per heavy atom. The monoisotopic (exact) mass is 210 g/mol. The summed E-state index contributed by atoms with van der Waals surface area (Å²) in [6, 6.07) is 4.98. The van der Waals surface area contributed by atoms with Gasteiger partial charge < -0.3 is 10.1 Å². The maximum atomic E-state index is 10.8. The number of nitrogens with one attached hydrogen (secondary N) is 1. The lowest BCUT2D eigenvalue weighted by atomic mass is 10.2. The first-order valence-electron chi connectivity index (χ1n) is 4.73. The third kappa shape index (κ3) is 2.92. The van der Waals surface area contributed by atoms with Crippen molar-refractivity contribution in [2.24, 2.45) is 0 Å². The summed E-state index contributed by atoms with van der Waals surface area (Å²) in [6.07, 6.45) is 0. The van der Waals surface area contributed by atoms with Crippen molar-refractivity contribution in [3.8, 4) is 5.75 Å². The summed E-state index contributed by atoms with van der Waals surface area (Å²) >= 11 is 0. The second-order valence-electron chi connectivity index (χ2n) is 3.02. The molecule has 0 saturated carbocycles. The summed E-state index contributed by atoms with van der Waals surface area (Å²) in [5.74, 6) is 0.322. The van der Waals surface area contributed by atoms with Gasteiger partial charge in [-0.05, 0) is 25.6 Å². The Bertz CT molecular complexity index is 353. The van der Waals surface area contributed by atoms with Gasteiger partial charge in [0.05, 0.1) is 11.5 Å². The fourth-order valence-electron chi connectivity index (χ4n) is 1.30. The molecule has 0 saturated heterocycles. The molecule has 0 spiro atoms. The minimum Gasteiger partial charge on any atom is -0.487 e. The van der Waals surface area contributed by atoms with E-state index in [9.17, 15) is 10.1 Å². The van der Waals surface area contributed by atoms with Crippen LogP contribution in [0.2, 0.25) is 0 Å². The van der Waals surface area contributed by atoms with E-state index in [2.05, 4.69) is 5.32 Å². The fourth-order valence-corrected chi connectivity index (χ4v) is 1.30. The van der Waals surface area contributed by atoms with Crippen LogP contribution in [-0.2, 0) is 6.54 Å². The largest absolute Gasteiger partial charge is 0.487 e. The van der Waals surface area contributed by atoms with E-state index in [0.717, 1.165) is 5.56 Å². The molecule has 0 aliphatic carbocycles. The zero-order valence-corrected chi connectivity index (χ0v) is 8.82. The highest BCUT2D eigenvalue weighted by Crippen LogP contribution is 2.27. The van der Waals surface area contributed by atoms with Crippen molar-refractivity contribution in [2.75, 3.05) is 13.7 Å². The number of nitrogens with zero attached hydrogens (tertiary/aromatic N) is 1. The minimum atomic E-state index is -0.426. The van der Waals surface area contributed by atoms with Gasteiger partial charge in [0.25, 0.3) is 0 Å². The quantitative estimate of drug-likeness (QED) is 0.593. The van der Waals surface area contributed by atoms with Crippen molar-refractivity contribution >= 4 is 5.69 Å². The van der Waals surface area contributed by atoms with E-state index >= 15 is 0 Å². The van der Waals surface area contributed by atoms with Gasteiger partial charge in [-0.3, -0.25) is 10.1 Å². The van der Waals surface area contributed by atoms with Gasteiger partial charge >= 0.3 is 5.69 Å². The lowest BCUT2D eigenvalue weighted by Crippen LogP contribution is -2.06. The lowest BCUT2D eigenvalue weighted by molar-refractivity contribution is -0.385. The maximum Gasteiger partial charge on any atom is 0.311 e. The van der Waals surface area contributed by atoms with Crippen LogP contribution in [0.25, 0.3) is 0 Å². The molecular weight excluding hydrogens is 196 g/mol. The molecule has 0 aliphatic heterocycles. The molecule has 0 amide bonds. The number of ether oxygens (including phenoxy) is 1. The zero-order chi connectivity index (χ0) is 11.3. The molecule has 0 heterocycles. The van der Waals surface area contributed by atoms with Gasteiger partial charge in [-0.2, -0.15) is 0 Å². The molecule has 0 radical (unpaired) electrons. The lowest BCUT2D eigenvalue weighted by Gasteiger charge is -2.05. The van der Waals surface area contributed by atoms with E-state index in [1.807, 2.05) is 6.07 Å². The molecule has 0 atom stereocenters. The van der Waals surface area contributed by atoms with E-state index in [4.69, 9.17) is 4.74 Å². The molecule has 1 aromatic rings. The van der Waals surface area contributed by atoms with E-state index < -0.39 is 4.92 Å². The molecule has 0 aromatic heterocycles. The van der Waals surface area contributed by atoms with Gasteiger partial charge in [-0.1, -0.05) is 6.07 Å². The molecule has 1 rings (SSSR count). The smallest absolute Gasteiger partial charge is 0.311 e. The van der Waals surface area contributed by atoms with Gasteiger partial charge in [0.15, 0.2) is 5.75 Å². The molecule has 0 bridgehead atoms. The van der Waals surface area contributed by atoms with Crippen LogP contribution in [0.4, 0.5) is 5.69 Å². The van der Waals surface area contributed by atoms with Gasteiger partial charge in [-0.15, -0.1) is 0 Å². The molecule has 15 heavy (non-hydrogen) atoms. The molecule has 5 heteroatoms. The van der Waals surface area contributed by atoms with Crippen molar-refractivity contribution < 1.29 is 9.66 Å². The molecule has 1 N–H and O–H groups in total. The number of hydrogen-bond acceptors (Lipinski definition) is 4. The van der Waals surface area contributed by atoms with Crippen LogP contribution < -0.4 is 10.1 Å². The first-order valence-corrected chi connectivity index (χ1v) is 4.73. The van der Waals surface area contributed by atoms with E-state index in [-0.39, 0.29) is 5.69 Å². The first kappa shape index (κ1) is 11.5. The van der Waals surface area contributed by atoms with Crippen LogP contribution in [0.5, 0.6) is 5.75 Å². The SMILES string of the molecule is CCOc1ccc(CNC)cc1[N+](=O)[O-]. The number of benzene rings is 1. The molecule has 0 fully saturated rings. The standard InChI is InChI=1S/C10H14N2O3/c1-3-15-10-5-4-8(7-11-2)6-9(10)12(13)14/h4-6,11H,3,7H2,1-2H3. The summed E-state index contributed by atoms with van der Waals surface area (Å²) in [6.45, 7) is 2.82. The van der Waals surface area contributed by atoms with Gasteiger partial charge in [0.1, 0.15) is 0 Å². The van der Waals surface area contributed by atoms with Crippen molar-refractivity contribution in [3.05, 3.63) is 33.9 Å². The number of rotatable bonds is 5. The van der Waals surface area contributed by atoms with Crippen molar-refractivity contribution in [1.82, 2.24) is 5.32 Å². The summed E-state index contributed by atoms with van der Waals surface area (Å²) < 4.78 is 5.17. The van der Waals surface area contributed by atoms with Gasteiger partial charge in [0.2, 0.25) is 0 Å². The minimum absolute atomic E-state index is 0.0181. The van der Waals surface area contributed by atoms with Crippen molar-refractivity contribution in [3.63, 3.8) is 0 Å². The Balaban J connectivity index is 3.03. The molecule has 5 nitrogen and oxygen atoms in total. The Labute approximate surface area is 88.2 Å². The normalized spacial score (nSPS) is 10.0. The van der Waals surface area contributed by atoms with Crippen LogP contribution in [0.3, 0.4) is 0 Å². The summed E-state index contributed by atoms with van der Waals surface area (Å²) in [5.41, 5.74) is 0.886. The van der Waals surface area contributed by atoms with Crippen molar-refractivity contribution in [1.29, 1.82) is 0 Å². The highest BCUT2D eigenvalue weighted by Gasteiger charge is 2.15. The van der Waals surface area contributed by atoms with E-state index in [0.29, 0.717) is 18.9 Å². The third-order valence-electron chi connectivity index (χ3n) is 1.90. The zero-order valence-electron chi connectivity index (χ0n) is 8.82. The predicted molar refractivity (Wildman–Crippen MR) is 57.0 cm³/mol. The second kappa shape index (κ2) is 5.31. The van der Waals surface area contributed by atoms with E-state index in [1.54, 1.807) is 20.0 Å². The Hall–Kier alpha value is -1.62. The molecule has 1 aromatic carbocycles. The predicted octanol–water partition coefficient (Wildman–Crippen LogP) is 1.71. The summed E-state index contributed by atoms with van der Waals surface area (Å²) in [7, 11) is 1.79. The third-order valence-corrected chi connectivity index (χ3v) is 1.90. The molecule has 0 aliphatic rings. The fraction of sp³-hybridized carbons (Fsp3) is 0.400. The van der Waals surface area contributed by atoms with Crippen LogP contribution in [0.15, 0.2) is 18.2 Å². The Kier molecular flexibility index (Phi) is 4.05. The molecular formula is C10H14N2O3. The van der Waals surface area contributed by atoms with Crippen LogP contribution >= 0.6 is 0 Å². The van der Waals surface area contributed by atoms with Gasteiger partial charge in [-0.25, -0.2) is 0 Å². The maximum absolute atomic E-state index is 10.8. The molecule has 82 valence electrons. The van der Waals surface area contributed by atoms with Crippen LogP contribution in [-0.4, -0.2) is 18.6 Å². The summed E-state index contributed by atoms with van der Waals surface area (Å²) in [5, 5.41) is 13.7. The Morgan fingerprint density at radius 2 is 2.27 bits per heavy atom. The van der Waals surface area contributed by atoms with E-state index in [1.165, 1.54) is 6.07 Å². The number of nitro benzene ring substituents is 1.